The molecule has 1 aliphatic rings. The molecule has 0 heterocycles. The summed E-state index contributed by atoms with van der Waals surface area (Å²) in [6.07, 6.45) is 5.44. The summed E-state index contributed by atoms with van der Waals surface area (Å²) >= 11 is 12.8. The van der Waals surface area contributed by atoms with Gasteiger partial charge in [0.2, 0.25) is 11.8 Å². The number of halogens is 2. The molecule has 4 rings (SSSR count). The van der Waals surface area contributed by atoms with E-state index in [1.807, 2.05) is 38.1 Å². The Hall–Kier alpha value is -3.07. The lowest BCUT2D eigenvalue weighted by Gasteiger charge is -2.34. The number of sulfonamides is 1. The van der Waals surface area contributed by atoms with E-state index in [4.69, 9.17) is 23.2 Å². The molecule has 2 amide bonds. The number of anilines is 1. The minimum absolute atomic E-state index is 0.00107. The highest BCUT2D eigenvalue weighted by atomic mass is 35.5. The van der Waals surface area contributed by atoms with Crippen molar-refractivity contribution in [3.63, 3.8) is 0 Å². The van der Waals surface area contributed by atoms with Crippen molar-refractivity contribution < 1.29 is 18.0 Å². The SMILES string of the molecule is CC[C@H](C(=O)NC1CCCCC1)N(Cc1cccc(C)c1)C(=O)CN(c1cccc(Cl)c1Cl)S(=O)(=O)c1ccccc1. The largest absolute Gasteiger partial charge is 0.352 e. The van der Waals surface area contributed by atoms with Gasteiger partial charge < -0.3 is 10.2 Å². The molecule has 0 radical (unpaired) electrons. The van der Waals surface area contributed by atoms with Gasteiger partial charge in [0.05, 0.1) is 20.6 Å². The van der Waals surface area contributed by atoms with Crippen molar-refractivity contribution >= 4 is 50.7 Å². The van der Waals surface area contributed by atoms with Crippen molar-refractivity contribution in [2.45, 2.75) is 75.9 Å². The van der Waals surface area contributed by atoms with Crippen molar-refractivity contribution in [1.29, 1.82) is 0 Å². The molecule has 224 valence electrons. The second-order valence-electron chi connectivity index (χ2n) is 10.7. The Labute approximate surface area is 258 Å². The maximum atomic E-state index is 14.3. The zero-order valence-corrected chi connectivity index (χ0v) is 26.3. The van der Waals surface area contributed by atoms with Crippen LogP contribution in [0.3, 0.4) is 0 Å². The Morgan fingerprint density at radius 1 is 0.952 bits per heavy atom. The third kappa shape index (κ3) is 7.65. The number of carbonyl (C=O) groups is 2. The molecule has 0 spiro atoms. The first-order valence-corrected chi connectivity index (χ1v) is 16.5. The lowest BCUT2D eigenvalue weighted by molar-refractivity contribution is -0.140. The van der Waals surface area contributed by atoms with Gasteiger partial charge in [0.1, 0.15) is 12.6 Å². The summed E-state index contributed by atoms with van der Waals surface area (Å²) in [7, 11) is -4.23. The van der Waals surface area contributed by atoms with Crippen LogP contribution < -0.4 is 9.62 Å². The van der Waals surface area contributed by atoms with Crippen molar-refractivity contribution in [2.24, 2.45) is 0 Å². The Kier molecular flexibility index (Phi) is 10.9. The second-order valence-corrected chi connectivity index (χ2v) is 13.3. The van der Waals surface area contributed by atoms with Crippen LogP contribution in [-0.4, -0.2) is 43.8 Å². The number of aryl methyl sites for hydroxylation is 1. The Morgan fingerprint density at radius 2 is 1.64 bits per heavy atom. The molecule has 0 unspecified atom stereocenters. The third-order valence-electron chi connectivity index (χ3n) is 7.58. The van der Waals surface area contributed by atoms with E-state index >= 15 is 0 Å². The zero-order valence-electron chi connectivity index (χ0n) is 23.9. The first kappa shape index (κ1) is 31.9. The quantitative estimate of drug-likeness (QED) is 0.254. The number of amides is 2. The predicted molar refractivity (Wildman–Crippen MR) is 168 cm³/mol. The van der Waals surface area contributed by atoms with Crippen LogP contribution >= 0.6 is 23.2 Å². The Bertz CT molecular complexity index is 1490. The molecule has 1 N–H and O–H groups in total. The molecule has 3 aromatic carbocycles. The molecule has 0 aromatic heterocycles. The van der Waals surface area contributed by atoms with Crippen LogP contribution in [0, 0.1) is 6.92 Å². The molecular weight excluding hydrogens is 593 g/mol. The van der Waals surface area contributed by atoms with E-state index in [1.54, 1.807) is 30.3 Å². The normalized spacial score (nSPS) is 14.7. The van der Waals surface area contributed by atoms with Gasteiger partial charge in [0.25, 0.3) is 10.0 Å². The lowest BCUT2D eigenvalue weighted by Crippen LogP contribution is -2.54. The van der Waals surface area contributed by atoms with E-state index in [0.29, 0.717) is 6.42 Å². The van der Waals surface area contributed by atoms with Crippen LogP contribution in [0.5, 0.6) is 0 Å². The van der Waals surface area contributed by atoms with Crippen LogP contribution in [-0.2, 0) is 26.2 Å². The molecule has 1 saturated carbocycles. The number of nitrogens with zero attached hydrogens (tertiary/aromatic N) is 2. The minimum atomic E-state index is -4.23. The van der Waals surface area contributed by atoms with E-state index < -0.39 is 28.5 Å². The van der Waals surface area contributed by atoms with Gasteiger partial charge in [-0.25, -0.2) is 8.42 Å². The molecule has 10 heteroatoms. The maximum absolute atomic E-state index is 14.3. The number of nitrogens with one attached hydrogen (secondary N) is 1. The topological polar surface area (TPSA) is 86.8 Å². The zero-order chi connectivity index (χ0) is 30.3. The highest BCUT2D eigenvalue weighted by Gasteiger charge is 2.35. The lowest BCUT2D eigenvalue weighted by atomic mass is 9.95. The fourth-order valence-electron chi connectivity index (χ4n) is 5.39. The first-order chi connectivity index (χ1) is 20.1. The van der Waals surface area contributed by atoms with Gasteiger partial charge in [-0.15, -0.1) is 0 Å². The highest BCUT2D eigenvalue weighted by Crippen LogP contribution is 2.35. The van der Waals surface area contributed by atoms with Crippen molar-refractivity contribution in [2.75, 3.05) is 10.8 Å². The summed E-state index contributed by atoms with van der Waals surface area (Å²) in [5.74, 6) is -0.763. The summed E-state index contributed by atoms with van der Waals surface area (Å²) in [4.78, 5) is 29.4. The van der Waals surface area contributed by atoms with Crippen LogP contribution in [0.15, 0.2) is 77.7 Å². The van der Waals surface area contributed by atoms with Gasteiger partial charge in [-0.05, 0) is 56.0 Å². The van der Waals surface area contributed by atoms with Crippen LogP contribution in [0.25, 0.3) is 0 Å². The van der Waals surface area contributed by atoms with Gasteiger partial charge in [-0.2, -0.15) is 0 Å². The minimum Gasteiger partial charge on any atom is -0.352 e. The summed E-state index contributed by atoms with van der Waals surface area (Å²) in [5.41, 5.74) is 1.93. The van der Waals surface area contributed by atoms with Crippen molar-refractivity contribution in [3.05, 3.63) is 94.0 Å². The van der Waals surface area contributed by atoms with Crippen LogP contribution in [0.2, 0.25) is 10.0 Å². The standard InChI is InChI=1S/C32H37Cl2N3O4S/c1-3-28(32(39)35-25-14-6-4-7-15-25)36(21-24-13-10-12-23(2)20-24)30(38)22-37(29-19-11-18-27(33)31(29)34)42(40,41)26-16-8-5-9-17-26/h5,8-13,16-20,25,28H,3-4,6-7,14-15,21-22H2,1-2H3,(H,35,39)/t28-/m1/s1. The summed E-state index contributed by atoms with van der Waals surface area (Å²) < 4.78 is 28.9. The molecule has 7 nitrogen and oxygen atoms in total. The van der Waals surface area contributed by atoms with E-state index in [9.17, 15) is 18.0 Å². The van der Waals surface area contributed by atoms with Crippen LogP contribution in [0.1, 0.15) is 56.6 Å². The average Bonchev–Trinajstić information content (AvgIpc) is 2.98. The second kappa shape index (κ2) is 14.4. The van der Waals surface area contributed by atoms with Gasteiger partial charge in [-0.1, -0.05) is 103 Å². The highest BCUT2D eigenvalue weighted by molar-refractivity contribution is 7.92. The van der Waals surface area contributed by atoms with Crippen molar-refractivity contribution in [1.82, 2.24) is 10.2 Å². The first-order valence-electron chi connectivity index (χ1n) is 14.3. The predicted octanol–water partition coefficient (Wildman–Crippen LogP) is 6.75. The molecule has 0 aliphatic heterocycles. The summed E-state index contributed by atoms with van der Waals surface area (Å²) in [5, 5.41) is 3.33. The number of carbonyl (C=O) groups excluding carboxylic acids is 2. The number of benzene rings is 3. The van der Waals surface area contributed by atoms with E-state index in [1.165, 1.54) is 23.1 Å². The monoisotopic (exact) mass is 629 g/mol. The van der Waals surface area contributed by atoms with Gasteiger partial charge in [0.15, 0.2) is 0 Å². The number of hydrogen-bond donors (Lipinski definition) is 1. The maximum Gasteiger partial charge on any atom is 0.264 e. The number of rotatable bonds is 11. The van der Waals surface area contributed by atoms with Crippen LogP contribution in [0.4, 0.5) is 5.69 Å². The van der Waals surface area contributed by atoms with Crippen molar-refractivity contribution in [3.8, 4) is 0 Å². The van der Waals surface area contributed by atoms with Gasteiger partial charge in [0, 0.05) is 12.6 Å². The van der Waals surface area contributed by atoms with E-state index in [2.05, 4.69) is 5.32 Å². The molecular formula is C32H37Cl2N3O4S. The van der Waals surface area contributed by atoms with Gasteiger partial charge >= 0.3 is 0 Å². The third-order valence-corrected chi connectivity index (χ3v) is 10.2. The fourth-order valence-corrected chi connectivity index (χ4v) is 7.28. The summed E-state index contributed by atoms with van der Waals surface area (Å²) in [6, 6.07) is 19.5. The van der Waals surface area contributed by atoms with E-state index in [0.717, 1.165) is 47.5 Å². The molecule has 0 saturated heterocycles. The molecule has 1 fully saturated rings. The summed E-state index contributed by atoms with van der Waals surface area (Å²) in [6.45, 7) is 3.38. The Morgan fingerprint density at radius 3 is 2.31 bits per heavy atom. The Balaban J connectivity index is 1.73. The molecule has 42 heavy (non-hydrogen) atoms. The fraction of sp³-hybridized carbons (Fsp3) is 0.375. The van der Waals surface area contributed by atoms with E-state index in [-0.39, 0.29) is 39.1 Å². The number of hydrogen-bond acceptors (Lipinski definition) is 4. The molecule has 1 atom stereocenters. The average molecular weight is 631 g/mol. The smallest absolute Gasteiger partial charge is 0.264 e. The molecule has 0 bridgehead atoms. The molecule has 3 aromatic rings. The van der Waals surface area contributed by atoms with Gasteiger partial charge in [-0.3, -0.25) is 13.9 Å². The molecule has 1 aliphatic carbocycles.